The van der Waals surface area contributed by atoms with Gasteiger partial charge >= 0.3 is 5.97 Å². The van der Waals surface area contributed by atoms with Crippen molar-refractivity contribution in [2.45, 2.75) is 13.8 Å². The minimum Gasteiger partial charge on any atom is -0.477 e. The highest BCUT2D eigenvalue weighted by atomic mass is 32.1. The van der Waals surface area contributed by atoms with E-state index in [1.165, 1.54) is 11.3 Å². The molecule has 7 heteroatoms. The summed E-state index contributed by atoms with van der Waals surface area (Å²) in [5, 5.41) is 13.8. The molecule has 0 aliphatic heterocycles. The molecule has 0 aliphatic carbocycles. The van der Waals surface area contributed by atoms with E-state index in [1.54, 1.807) is 25.4 Å². The van der Waals surface area contributed by atoms with E-state index >= 15 is 0 Å². The Labute approximate surface area is 107 Å². The molecule has 2 rings (SSSR count). The summed E-state index contributed by atoms with van der Waals surface area (Å²) in [6.07, 6.45) is 1.58. The van der Waals surface area contributed by atoms with Gasteiger partial charge in [-0.3, -0.25) is 10.1 Å². The number of aryl methyl sites for hydroxylation is 1. The first-order valence-corrected chi connectivity index (χ1v) is 6.02. The van der Waals surface area contributed by atoms with Gasteiger partial charge in [-0.05, 0) is 19.4 Å². The van der Waals surface area contributed by atoms with E-state index in [9.17, 15) is 9.59 Å². The molecule has 0 aliphatic rings. The lowest BCUT2D eigenvalue weighted by Gasteiger charge is -2.02. The second-order valence-electron chi connectivity index (χ2n) is 3.72. The molecule has 0 unspecified atom stereocenters. The zero-order valence-electron chi connectivity index (χ0n) is 9.77. The highest BCUT2D eigenvalue weighted by Gasteiger charge is 2.21. The van der Waals surface area contributed by atoms with Crippen LogP contribution in [0.3, 0.4) is 0 Å². The zero-order chi connectivity index (χ0) is 13.3. The molecule has 0 fully saturated rings. The summed E-state index contributed by atoms with van der Waals surface area (Å²) in [4.78, 5) is 29.6. The monoisotopic (exact) mass is 265 g/mol. The lowest BCUT2D eigenvalue weighted by molar-refractivity contribution is 0.0690. The standard InChI is InChI=1S/C11H11N3O3S/c1-5-7(6(2)13-8(5)10(16)17)9(15)14-11-12-3-4-18-11/h3-4,13H,1-2H3,(H,16,17)(H,12,14,15). The van der Waals surface area contributed by atoms with Crippen LogP contribution in [0.1, 0.15) is 32.1 Å². The molecule has 94 valence electrons. The molecule has 0 atom stereocenters. The van der Waals surface area contributed by atoms with Gasteiger partial charge < -0.3 is 10.1 Å². The molecule has 6 nitrogen and oxygen atoms in total. The Morgan fingerprint density at radius 2 is 2.17 bits per heavy atom. The van der Waals surface area contributed by atoms with Crippen LogP contribution < -0.4 is 5.32 Å². The Morgan fingerprint density at radius 1 is 1.44 bits per heavy atom. The van der Waals surface area contributed by atoms with Crippen molar-refractivity contribution in [3.05, 3.63) is 34.1 Å². The predicted octanol–water partition coefficient (Wildman–Crippen LogP) is 2.04. The number of anilines is 1. The number of H-pyrrole nitrogens is 1. The third-order valence-electron chi connectivity index (χ3n) is 2.53. The van der Waals surface area contributed by atoms with Crippen molar-refractivity contribution in [1.29, 1.82) is 0 Å². The van der Waals surface area contributed by atoms with Crippen LogP contribution in [0.15, 0.2) is 11.6 Å². The molecule has 0 saturated heterocycles. The number of hydrogen-bond acceptors (Lipinski definition) is 4. The van der Waals surface area contributed by atoms with Crippen LogP contribution in [0, 0.1) is 13.8 Å². The van der Waals surface area contributed by atoms with Crippen molar-refractivity contribution in [3.63, 3.8) is 0 Å². The maximum atomic E-state index is 12.0. The van der Waals surface area contributed by atoms with Crippen molar-refractivity contribution in [1.82, 2.24) is 9.97 Å². The molecule has 0 saturated carbocycles. The number of rotatable bonds is 3. The van der Waals surface area contributed by atoms with E-state index in [1.807, 2.05) is 0 Å². The number of aromatic amines is 1. The SMILES string of the molecule is Cc1[nH]c(C(=O)O)c(C)c1C(=O)Nc1nccs1. The summed E-state index contributed by atoms with van der Waals surface area (Å²) in [7, 11) is 0. The van der Waals surface area contributed by atoms with Gasteiger partial charge in [-0.1, -0.05) is 0 Å². The van der Waals surface area contributed by atoms with Crippen LogP contribution in [0.2, 0.25) is 0 Å². The molecule has 3 N–H and O–H groups in total. The van der Waals surface area contributed by atoms with Crippen molar-refractivity contribution in [3.8, 4) is 0 Å². The number of carbonyl (C=O) groups is 2. The van der Waals surface area contributed by atoms with Crippen molar-refractivity contribution < 1.29 is 14.7 Å². The summed E-state index contributed by atoms with van der Waals surface area (Å²) in [6, 6.07) is 0. The average molecular weight is 265 g/mol. The Bertz CT molecular complexity index is 601. The molecule has 0 radical (unpaired) electrons. The number of carbonyl (C=O) groups excluding carboxylic acids is 1. The summed E-state index contributed by atoms with van der Waals surface area (Å²) < 4.78 is 0. The number of nitrogens with one attached hydrogen (secondary N) is 2. The number of nitrogens with zero attached hydrogens (tertiary/aromatic N) is 1. The minimum absolute atomic E-state index is 0.0387. The second kappa shape index (κ2) is 4.61. The molecule has 1 amide bonds. The molecule has 18 heavy (non-hydrogen) atoms. The Kier molecular flexibility index (Phi) is 3.15. The lowest BCUT2D eigenvalue weighted by Crippen LogP contribution is -2.13. The van der Waals surface area contributed by atoms with Crippen LogP contribution >= 0.6 is 11.3 Å². The van der Waals surface area contributed by atoms with Gasteiger partial charge in [-0.25, -0.2) is 9.78 Å². The first-order valence-electron chi connectivity index (χ1n) is 5.14. The van der Waals surface area contributed by atoms with E-state index in [0.717, 1.165) is 0 Å². The Balaban J connectivity index is 2.33. The molecule has 0 spiro atoms. The van der Waals surface area contributed by atoms with E-state index in [0.29, 0.717) is 22.0 Å². The maximum absolute atomic E-state index is 12.0. The van der Waals surface area contributed by atoms with Crippen molar-refractivity contribution >= 4 is 28.3 Å². The summed E-state index contributed by atoms with van der Waals surface area (Å²) in [6.45, 7) is 3.26. The zero-order valence-corrected chi connectivity index (χ0v) is 10.6. The number of thiazole rings is 1. The maximum Gasteiger partial charge on any atom is 0.352 e. The molecular formula is C11H11N3O3S. The average Bonchev–Trinajstić information content (AvgIpc) is 2.86. The Morgan fingerprint density at radius 3 is 2.67 bits per heavy atom. The van der Waals surface area contributed by atoms with Gasteiger partial charge in [0.2, 0.25) is 0 Å². The van der Waals surface area contributed by atoms with Crippen molar-refractivity contribution in [2.75, 3.05) is 5.32 Å². The van der Waals surface area contributed by atoms with Gasteiger partial charge in [-0.2, -0.15) is 0 Å². The van der Waals surface area contributed by atoms with Gasteiger partial charge in [0, 0.05) is 17.3 Å². The number of aromatic nitrogens is 2. The van der Waals surface area contributed by atoms with E-state index in [4.69, 9.17) is 5.11 Å². The lowest BCUT2D eigenvalue weighted by atomic mass is 10.1. The minimum atomic E-state index is -1.08. The van der Waals surface area contributed by atoms with Crippen LogP contribution in [-0.2, 0) is 0 Å². The van der Waals surface area contributed by atoms with E-state index < -0.39 is 5.97 Å². The number of carboxylic acid groups (broad SMARTS) is 1. The summed E-state index contributed by atoms with van der Waals surface area (Å²) in [5.41, 5.74) is 1.34. The van der Waals surface area contributed by atoms with Crippen molar-refractivity contribution in [2.24, 2.45) is 0 Å². The highest BCUT2D eigenvalue weighted by Crippen LogP contribution is 2.20. The largest absolute Gasteiger partial charge is 0.477 e. The fraction of sp³-hybridized carbons (Fsp3) is 0.182. The number of hydrogen-bond donors (Lipinski definition) is 3. The topological polar surface area (TPSA) is 95.1 Å². The first kappa shape index (κ1) is 12.3. The molecular weight excluding hydrogens is 254 g/mol. The smallest absolute Gasteiger partial charge is 0.352 e. The molecule has 0 aromatic carbocycles. The number of aromatic carboxylic acids is 1. The fourth-order valence-corrected chi connectivity index (χ4v) is 2.27. The van der Waals surface area contributed by atoms with Crippen LogP contribution in [0.5, 0.6) is 0 Å². The Hall–Kier alpha value is -2.15. The summed E-state index contributed by atoms with van der Waals surface area (Å²) >= 11 is 1.30. The van der Waals surface area contributed by atoms with Crippen LogP contribution in [-0.4, -0.2) is 27.0 Å². The molecule has 0 bridgehead atoms. The first-order chi connectivity index (χ1) is 8.50. The van der Waals surface area contributed by atoms with Crippen LogP contribution in [0.25, 0.3) is 0 Å². The van der Waals surface area contributed by atoms with E-state index in [2.05, 4.69) is 15.3 Å². The van der Waals surface area contributed by atoms with Gasteiger partial charge in [0.15, 0.2) is 5.13 Å². The third-order valence-corrected chi connectivity index (χ3v) is 3.22. The fourth-order valence-electron chi connectivity index (χ4n) is 1.75. The molecule has 2 aromatic heterocycles. The molecule has 2 heterocycles. The quantitative estimate of drug-likeness (QED) is 0.791. The normalized spacial score (nSPS) is 10.3. The number of amides is 1. The predicted molar refractivity (Wildman–Crippen MR) is 67.3 cm³/mol. The highest BCUT2D eigenvalue weighted by molar-refractivity contribution is 7.13. The van der Waals surface area contributed by atoms with Crippen LogP contribution in [0.4, 0.5) is 5.13 Å². The van der Waals surface area contributed by atoms with E-state index in [-0.39, 0.29) is 11.6 Å². The number of carboxylic acids is 1. The van der Waals surface area contributed by atoms with Gasteiger partial charge in [0.25, 0.3) is 5.91 Å². The van der Waals surface area contributed by atoms with Gasteiger partial charge in [-0.15, -0.1) is 11.3 Å². The van der Waals surface area contributed by atoms with Gasteiger partial charge in [0.1, 0.15) is 5.69 Å². The second-order valence-corrected chi connectivity index (χ2v) is 4.62. The molecule has 2 aromatic rings. The third kappa shape index (κ3) is 2.12. The van der Waals surface area contributed by atoms with Gasteiger partial charge in [0.05, 0.1) is 5.56 Å². The summed E-state index contributed by atoms with van der Waals surface area (Å²) in [5.74, 6) is -1.44.